The molecular formula is C18H25N5O3. The second-order valence-corrected chi connectivity index (χ2v) is 6.00. The summed E-state index contributed by atoms with van der Waals surface area (Å²) in [5.74, 6) is 3.01. The first-order chi connectivity index (χ1) is 12.7. The minimum Gasteiger partial charge on any atom is -0.497 e. The second-order valence-electron chi connectivity index (χ2n) is 6.00. The minimum atomic E-state index is 0.200. The first-order valence-corrected chi connectivity index (χ1v) is 8.62. The lowest BCUT2D eigenvalue weighted by atomic mass is 10.2. The Morgan fingerprint density at radius 3 is 2.58 bits per heavy atom. The van der Waals surface area contributed by atoms with Crippen LogP contribution in [0, 0.1) is 0 Å². The van der Waals surface area contributed by atoms with Crippen molar-refractivity contribution < 1.29 is 14.6 Å². The van der Waals surface area contributed by atoms with Crippen LogP contribution in [-0.2, 0) is 0 Å². The molecule has 0 aliphatic carbocycles. The molecule has 8 nitrogen and oxygen atoms in total. The van der Waals surface area contributed by atoms with Crippen molar-refractivity contribution in [2.75, 3.05) is 63.8 Å². The molecule has 0 spiro atoms. The third kappa shape index (κ3) is 4.33. The van der Waals surface area contributed by atoms with Crippen molar-refractivity contribution in [2.45, 2.75) is 0 Å². The number of nitrogens with zero attached hydrogens (tertiary/aromatic N) is 4. The van der Waals surface area contributed by atoms with Crippen LogP contribution < -0.4 is 19.7 Å². The lowest BCUT2D eigenvalue weighted by molar-refractivity contribution is 0.188. The molecule has 0 unspecified atom stereocenters. The summed E-state index contributed by atoms with van der Waals surface area (Å²) in [6, 6.07) is 7.52. The molecule has 0 radical (unpaired) electrons. The Morgan fingerprint density at radius 1 is 1.08 bits per heavy atom. The largest absolute Gasteiger partial charge is 0.497 e. The zero-order chi connectivity index (χ0) is 18.4. The van der Waals surface area contributed by atoms with Crippen LogP contribution in [0.15, 0.2) is 30.6 Å². The van der Waals surface area contributed by atoms with E-state index in [1.807, 2.05) is 24.3 Å². The Balaban J connectivity index is 1.70. The van der Waals surface area contributed by atoms with E-state index < -0.39 is 0 Å². The van der Waals surface area contributed by atoms with Crippen LogP contribution in [0.2, 0.25) is 0 Å². The maximum atomic E-state index is 9.05. The highest BCUT2D eigenvalue weighted by Crippen LogP contribution is 2.31. The van der Waals surface area contributed by atoms with Crippen LogP contribution in [0.1, 0.15) is 0 Å². The number of hydrogen-bond donors (Lipinski definition) is 2. The highest BCUT2D eigenvalue weighted by molar-refractivity contribution is 5.67. The maximum Gasteiger partial charge on any atom is 0.146 e. The average Bonchev–Trinajstić information content (AvgIpc) is 2.69. The van der Waals surface area contributed by atoms with E-state index in [1.54, 1.807) is 20.5 Å². The van der Waals surface area contributed by atoms with E-state index in [0.29, 0.717) is 11.6 Å². The molecule has 0 atom stereocenters. The van der Waals surface area contributed by atoms with Gasteiger partial charge in [-0.1, -0.05) is 0 Å². The smallest absolute Gasteiger partial charge is 0.146 e. The van der Waals surface area contributed by atoms with Gasteiger partial charge in [0.25, 0.3) is 0 Å². The van der Waals surface area contributed by atoms with E-state index >= 15 is 0 Å². The monoisotopic (exact) mass is 359 g/mol. The number of aromatic nitrogens is 2. The quantitative estimate of drug-likeness (QED) is 0.767. The van der Waals surface area contributed by atoms with Gasteiger partial charge in [-0.25, -0.2) is 9.97 Å². The Kier molecular flexibility index (Phi) is 6.08. The number of rotatable bonds is 7. The molecule has 1 aliphatic rings. The number of β-amino-alcohol motifs (C(OH)–C–C–N with tert-alkyl or cyclic N) is 1. The Labute approximate surface area is 153 Å². The maximum absolute atomic E-state index is 9.05. The molecule has 0 saturated carbocycles. The van der Waals surface area contributed by atoms with Crippen molar-refractivity contribution in [1.29, 1.82) is 0 Å². The van der Waals surface area contributed by atoms with Crippen molar-refractivity contribution in [3.8, 4) is 11.5 Å². The number of ether oxygens (including phenoxy) is 2. The molecule has 0 amide bonds. The summed E-state index contributed by atoms with van der Waals surface area (Å²) in [6.45, 7) is 4.51. The van der Waals surface area contributed by atoms with E-state index in [-0.39, 0.29) is 6.61 Å². The van der Waals surface area contributed by atoms with E-state index in [4.69, 9.17) is 14.6 Å². The van der Waals surface area contributed by atoms with Crippen LogP contribution in [0.3, 0.4) is 0 Å². The topological polar surface area (TPSA) is 83.0 Å². The predicted octanol–water partition coefficient (Wildman–Crippen LogP) is 1.35. The standard InChI is InChI=1S/C18H25N5O3/c1-25-14-3-4-15(16(11-14)26-2)21-17-12-18(20-13-19-17)23-7-5-22(6-8-23)9-10-24/h3-4,11-13,24H,5-10H2,1-2H3,(H,19,20,21). The van der Waals surface area contributed by atoms with Gasteiger partial charge in [-0.2, -0.15) is 0 Å². The van der Waals surface area contributed by atoms with Crippen LogP contribution in [0.5, 0.6) is 11.5 Å². The third-order valence-electron chi connectivity index (χ3n) is 4.44. The Bertz CT molecular complexity index is 720. The number of nitrogens with one attached hydrogen (secondary N) is 1. The van der Waals surface area contributed by atoms with Gasteiger partial charge in [0.15, 0.2) is 0 Å². The highest BCUT2D eigenvalue weighted by atomic mass is 16.5. The molecule has 0 bridgehead atoms. The van der Waals surface area contributed by atoms with Gasteiger partial charge < -0.3 is 24.8 Å². The molecular weight excluding hydrogens is 334 g/mol. The number of benzene rings is 1. The van der Waals surface area contributed by atoms with Gasteiger partial charge in [0.2, 0.25) is 0 Å². The van der Waals surface area contributed by atoms with Gasteiger partial charge in [0.05, 0.1) is 26.5 Å². The molecule has 2 N–H and O–H groups in total. The summed E-state index contributed by atoms with van der Waals surface area (Å²) >= 11 is 0. The number of piperazine rings is 1. The summed E-state index contributed by atoms with van der Waals surface area (Å²) in [7, 11) is 3.25. The lowest BCUT2D eigenvalue weighted by Gasteiger charge is -2.35. The van der Waals surface area contributed by atoms with Gasteiger partial charge in [-0.15, -0.1) is 0 Å². The van der Waals surface area contributed by atoms with Gasteiger partial charge in [0, 0.05) is 44.9 Å². The highest BCUT2D eigenvalue weighted by Gasteiger charge is 2.18. The molecule has 26 heavy (non-hydrogen) atoms. The van der Waals surface area contributed by atoms with Crippen LogP contribution in [0.25, 0.3) is 0 Å². The molecule has 1 aromatic carbocycles. The third-order valence-corrected chi connectivity index (χ3v) is 4.44. The first kappa shape index (κ1) is 18.2. The fourth-order valence-electron chi connectivity index (χ4n) is 2.97. The molecule has 8 heteroatoms. The van der Waals surface area contributed by atoms with E-state index in [1.165, 1.54) is 0 Å². The summed E-state index contributed by atoms with van der Waals surface area (Å²) in [5.41, 5.74) is 0.811. The molecule has 1 saturated heterocycles. The number of aliphatic hydroxyl groups is 1. The van der Waals surface area contributed by atoms with Crippen molar-refractivity contribution in [2.24, 2.45) is 0 Å². The summed E-state index contributed by atoms with van der Waals surface area (Å²) in [5, 5.41) is 12.3. The van der Waals surface area contributed by atoms with Crippen LogP contribution in [-0.4, -0.2) is 73.5 Å². The van der Waals surface area contributed by atoms with Crippen LogP contribution >= 0.6 is 0 Å². The van der Waals surface area contributed by atoms with Gasteiger partial charge in [0.1, 0.15) is 29.5 Å². The number of aliphatic hydroxyl groups excluding tert-OH is 1. The summed E-state index contributed by atoms with van der Waals surface area (Å²) in [4.78, 5) is 13.2. The van der Waals surface area contributed by atoms with E-state index in [9.17, 15) is 0 Å². The fraction of sp³-hybridized carbons (Fsp3) is 0.444. The zero-order valence-corrected chi connectivity index (χ0v) is 15.2. The Hall–Kier alpha value is -2.58. The lowest BCUT2D eigenvalue weighted by Crippen LogP contribution is -2.47. The van der Waals surface area contributed by atoms with E-state index in [2.05, 4.69) is 25.1 Å². The molecule has 140 valence electrons. The number of methoxy groups -OCH3 is 2. The zero-order valence-electron chi connectivity index (χ0n) is 15.2. The van der Waals surface area contributed by atoms with Gasteiger partial charge >= 0.3 is 0 Å². The van der Waals surface area contributed by atoms with Crippen molar-refractivity contribution in [3.63, 3.8) is 0 Å². The first-order valence-electron chi connectivity index (χ1n) is 8.62. The molecule has 1 aromatic heterocycles. The fourth-order valence-corrected chi connectivity index (χ4v) is 2.97. The molecule has 3 rings (SSSR count). The number of anilines is 3. The number of hydrogen-bond acceptors (Lipinski definition) is 8. The molecule has 2 heterocycles. The summed E-state index contributed by atoms with van der Waals surface area (Å²) < 4.78 is 10.6. The SMILES string of the molecule is COc1ccc(Nc2cc(N3CCN(CCO)CC3)ncn2)c(OC)c1. The molecule has 1 fully saturated rings. The van der Waals surface area contributed by atoms with Crippen molar-refractivity contribution >= 4 is 17.3 Å². The molecule has 2 aromatic rings. The predicted molar refractivity (Wildman–Crippen MR) is 101 cm³/mol. The normalized spacial score (nSPS) is 15.0. The van der Waals surface area contributed by atoms with Gasteiger partial charge in [-0.05, 0) is 12.1 Å². The van der Waals surface area contributed by atoms with Crippen molar-refractivity contribution in [1.82, 2.24) is 14.9 Å². The van der Waals surface area contributed by atoms with Gasteiger partial charge in [-0.3, -0.25) is 4.90 Å². The van der Waals surface area contributed by atoms with Crippen molar-refractivity contribution in [3.05, 3.63) is 30.6 Å². The average molecular weight is 359 g/mol. The molecule has 1 aliphatic heterocycles. The Morgan fingerprint density at radius 2 is 1.88 bits per heavy atom. The minimum absolute atomic E-state index is 0.200. The van der Waals surface area contributed by atoms with Crippen LogP contribution in [0.4, 0.5) is 17.3 Å². The van der Waals surface area contributed by atoms with E-state index in [0.717, 1.165) is 50.0 Å². The second kappa shape index (κ2) is 8.68. The summed E-state index contributed by atoms with van der Waals surface area (Å²) in [6.07, 6.45) is 1.56.